The first kappa shape index (κ1) is 28.6. The molecule has 2 aliphatic heterocycles. The number of ether oxygens (including phenoxy) is 3. The molecule has 2 aromatic rings. The molecular weight excluding hydrogens is 555 g/mol. The van der Waals surface area contributed by atoms with Crippen LogP contribution in [0.5, 0.6) is 0 Å². The third-order valence-corrected chi connectivity index (χ3v) is 7.60. The Morgan fingerprint density at radius 2 is 1.50 bits per heavy atom. The van der Waals surface area contributed by atoms with Crippen molar-refractivity contribution in [3.8, 4) is 0 Å². The summed E-state index contributed by atoms with van der Waals surface area (Å²) in [4.78, 5) is 51.0. The molecule has 0 aromatic carbocycles. The zero-order valence-corrected chi connectivity index (χ0v) is 21.3. The molecule has 2 aliphatic rings. The average molecular weight is 580 g/mol. The highest BCUT2D eigenvalue weighted by atomic mass is 32.7. The Hall–Kier alpha value is -2.38. The molecule has 0 bridgehead atoms. The molecule has 2 aromatic heterocycles. The zero-order valence-electron chi connectivity index (χ0n) is 19.6. The number of rotatable bonds is 9. The molecule has 0 aliphatic carbocycles. The van der Waals surface area contributed by atoms with E-state index < -0.39 is 91.6 Å². The van der Waals surface area contributed by atoms with Crippen LogP contribution in [0.2, 0.25) is 0 Å². The molecule has 2 saturated heterocycles. The second-order valence-corrected chi connectivity index (χ2v) is 11.2. The quantitative estimate of drug-likeness (QED) is 0.129. The van der Waals surface area contributed by atoms with Crippen LogP contribution in [0.1, 0.15) is 12.5 Å². The first-order valence-electron chi connectivity index (χ1n) is 11.0. The van der Waals surface area contributed by atoms with Gasteiger partial charge in [-0.15, -0.1) is 0 Å². The molecule has 2 fully saturated rings. The van der Waals surface area contributed by atoms with Gasteiger partial charge in [0, 0.05) is 31.6 Å². The molecule has 4 rings (SSSR count). The molecule has 19 heteroatoms. The largest absolute Gasteiger partial charge is 0.394 e. The van der Waals surface area contributed by atoms with E-state index in [1.165, 1.54) is 7.11 Å². The molecule has 5 unspecified atom stereocenters. The Morgan fingerprint density at radius 1 is 0.947 bits per heavy atom. The van der Waals surface area contributed by atoms with Gasteiger partial charge in [0.15, 0.2) is 12.5 Å². The van der Waals surface area contributed by atoms with Gasteiger partial charge >= 0.3 is 18.2 Å². The fourth-order valence-corrected chi connectivity index (χ4v) is 5.65. The molecule has 0 saturated carbocycles. The maximum atomic E-state index is 13.1. The van der Waals surface area contributed by atoms with Crippen molar-refractivity contribution in [1.29, 1.82) is 0 Å². The van der Waals surface area contributed by atoms with Gasteiger partial charge in [-0.05, 0) is 0 Å². The fourth-order valence-electron chi connectivity index (χ4n) is 4.16. The van der Waals surface area contributed by atoms with Crippen LogP contribution >= 0.6 is 19.0 Å². The van der Waals surface area contributed by atoms with E-state index in [-0.39, 0.29) is 0 Å². The molecule has 17 nitrogen and oxygen atoms in total. The van der Waals surface area contributed by atoms with E-state index in [2.05, 4.69) is 17.2 Å². The van der Waals surface area contributed by atoms with Crippen molar-refractivity contribution in [3.63, 3.8) is 0 Å². The summed E-state index contributed by atoms with van der Waals surface area (Å²) >= 11 is 3.92. The van der Waals surface area contributed by atoms with E-state index >= 15 is 0 Å². The van der Waals surface area contributed by atoms with E-state index in [0.717, 1.165) is 33.7 Å². The van der Waals surface area contributed by atoms with Crippen molar-refractivity contribution in [2.45, 2.75) is 49.1 Å². The van der Waals surface area contributed by atoms with Gasteiger partial charge in [-0.1, -0.05) is 12.2 Å². The van der Waals surface area contributed by atoms with E-state index in [9.17, 15) is 39.1 Å². The molecule has 9 atom stereocenters. The Labute approximate surface area is 217 Å². The van der Waals surface area contributed by atoms with Crippen LogP contribution in [0, 0.1) is 0 Å². The minimum Gasteiger partial charge on any atom is -0.394 e. The minimum atomic E-state index is -4.30. The molecule has 0 radical (unpaired) electrons. The molecule has 5 N–H and O–H groups in total. The lowest BCUT2D eigenvalue weighted by Crippen LogP contribution is -2.39. The first-order valence-corrected chi connectivity index (χ1v) is 13.7. The van der Waals surface area contributed by atoms with Crippen molar-refractivity contribution in [2.24, 2.45) is 0 Å². The van der Waals surface area contributed by atoms with Crippen LogP contribution in [-0.4, -0.2) is 91.4 Å². The van der Waals surface area contributed by atoms with E-state index in [1.807, 2.05) is 4.98 Å². The Kier molecular flexibility index (Phi) is 8.58. The van der Waals surface area contributed by atoms with Gasteiger partial charge in [0.25, 0.3) is 11.1 Å². The smallest absolute Gasteiger partial charge is 0.386 e. The van der Waals surface area contributed by atoms with Crippen LogP contribution in [-0.2, 0) is 27.8 Å². The van der Waals surface area contributed by atoms with Gasteiger partial charge in [-0.25, -0.2) is 14.2 Å². The Bertz CT molecular complexity index is 1420. The highest BCUT2D eigenvalue weighted by Crippen LogP contribution is 2.56. The highest BCUT2D eigenvalue weighted by Gasteiger charge is 2.50. The number of aromatic amines is 2. The number of H-pyrrole nitrogens is 2. The van der Waals surface area contributed by atoms with Gasteiger partial charge in [0.2, 0.25) is 0 Å². The lowest BCUT2D eigenvalue weighted by Gasteiger charge is -2.26. The normalized spacial score (nSPS) is 32.9. The number of hydrogen-bond donors (Lipinski definition) is 6. The number of nitrogens with one attached hydrogen (secondary N) is 2. The second-order valence-electron chi connectivity index (χ2n) is 8.36. The number of thiol groups is 1. The van der Waals surface area contributed by atoms with Crippen molar-refractivity contribution in [1.82, 2.24) is 19.1 Å². The maximum absolute atomic E-state index is 13.1. The van der Waals surface area contributed by atoms with Crippen LogP contribution < -0.4 is 22.5 Å². The third kappa shape index (κ3) is 5.79. The van der Waals surface area contributed by atoms with E-state index in [0.29, 0.717) is 0 Å². The Balaban J connectivity index is 1.46. The lowest BCUT2D eigenvalue weighted by atomic mass is 10.1. The average Bonchev–Trinajstić information content (AvgIpc) is 3.34. The van der Waals surface area contributed by atoms with E-state index in [1.54, 1.807) is 0 Å². The predicted octanol–water partition coefficient (Wildman–Crippen LogP) is -2.95. The van der Waals surface area contributed by atoms with Crippen LogP contribution in [0.3, 0.4) is 0 Å². The molecule has 210 valence electrons. The monoisotopic (exact) mass is 580 g/mol. The number of aliphatic hydroxyl groups excluding tert-OH is 3. The number of methoxy groups -OCH3 is 1. The lowest BCUT2D eigenvalue weighted by molar-refractivity contribution is -0.0625. The van der Waals surface area contributed by atoms with Crippen LogP contribution in [0.25, 0.3) is 0 Å². The van der Waals surface area contributed by atoms with Crippen LogP contribution in [0.15, 0.2) is 43.7 Å². The number of nitrogens with zero attached hydrogens (tertiary/aromatic N) is 2. The maximum Gasteiger partial charge on any atom is 0.386 e. The summed E-state index contributed by atoms with van der Waals surface area (Å²) in [6, 6.07) is 2.09. The minimum absolute atomic E-state index is 0.620. The molecular formula is C19H25N4O13PS. The Morgan fingerprint density at radius 3 is 2.03 bits per heavy atom. The van der Waals surface area contributed by atoms with Crippen molar-refractivity contribution in [3.05, 3.63) is 66.2 Å². The van der Waals surface area contributed by atoms with Crippen molar-refractivity contribution < 1.29 is 43.1 Å². The van der Waals surface area contributed by atoms with Crippen molar-refractivity contribution >= 4 is 19.0 Å². The zero-order chi connectivity index (χ0) is 27.8. The number of aromatic nitrogens is 4. The van der Waals surface area contributed by atoms with Gasteiger partial charge in [-0.2, -0.15) is 0 Å². The fraction of sp³-hybridized carbons (Fsp3) is 0.579. The van der Waals surface area contributed by atoms with Gasteiger partial charge in [-0.3, -0.25) is 37.7 Å². The summed E-state index contributed by atoms with van der Waals surface area (Å²) in [6.45, 7) is -5.56. The number of aliphatic hydroxyl groups is 3. The van der Waals surface area contributed by atoms with E-state index in [4.69, 9.17) is 23.3 Å². The second kappa shape index (κ2) is 11.4. The third-order valence-electron chi connectivity index (χ3n) is 5.98. The summed E-state index contributed by atoms with van der Waals surface area (Å²) < 4.78 is 42.1. The first-order chi connectivity index (χ1) is 18.0. The molecule has 0 amide bonds. The summed E-state index contributed by atoms with van der Waals surface area (Å²) in [5.41, 5.74) is -3.04. The van der Waals surface area contributed by atoms with Crippen molar-refractivity contribution in [2.75, 3.05) is 20.3 Å². The van der Waals surface area contributed by atoms with Gasteiger partial charge < -0.3 is 29.5 Å². The molecule has 38 heavy (non-hydrogen) atoms. The standard InChI is InChI=1S/C19H25N4O13PS/c1-32-15-14(8(6-24)34-17(15)23-5-3-11(26)21-19(23)30)36-37(31,38)33-7-9-12(27)13(28)16(35-9)22-4-2-10(25)20-18(22)29/h2-5,8-9,12-17,24,27-28H,6-7H2,1H3,(H,31,38)(H,20,25,29)(H,21,26,30)/t8-,9-,12?,13?,14?,15?,16-,17-,37?/m1/s1. The topological polar surface area (TPSA) is 234 Å². The summed E-state index contributed by atoms with van der Waals surface area (Å²) in [5.74, 6) is 0. The van der Waals surface area contributed by atoms with Gasteiger partial charge in [0.1, 0.15) is 36.6 Å². The summed E-state index contributed by atoms with van der Waals surface area (Å²) in [7, 11) is 1.25. The highest BCUT2D eigenvalue weighted by molar-refractivity contribution is 8.44. The predicted molar refractivity (Wildman–Crippen MR) is 128 cm³/mol. The SMILES string of the molecule is COC1C(OP(=O)(S)OC[C@H]2O[C@@H](n3ccc(=O)[nH]c3=O)C(O)C2O)[C@@H](CO)O[C@H]1n1ccc(=O)[nH]c1=O. The summed E-state index contributed by atoms with van der Waals surface area (Å²) in [5, 5.41) is 30.5. The van der Waals surface area contributed by atoms with Crippen LogP contribution in [0.4, 0.5) is 0 Å². The molecule has 4 heterocycles. The number of hydrogen-bond acceptors (Lipinski definition) is 13. The van der Waals surface area contributed by atoms with Gasteiger partial charge in [0.05, 0.1) is 13.2 Å². The molecule has 0 spiro atoms. The summed E-state index contributed by atoms with van der Waals surface area (Å²) in [6.07, 6.45) is -8.39.